The molecule has 4 aromatic carbocycles. The zero-order valence-electron chi connectivity index (χ0n) is 49.9. The Morgan fingerprint density at radius 3 is 0.908 bits per heavy atom. The van der Waals surface area contributed by atoms with Gasteiger partial charge in [0, 0.05) is 135 Å². The Labute approximate surface area is 466 Å². The molecule has 0 aromatic heterocycles. The SMILES string of the molecule is CCCCCCCCN(CCCCCCCC)c1ccc(N(c2ccc(N(CC)CC)cc2)c2ccc([N+](=C3C=CC(=[N+](CCCCCCCC)CCCCCCCC)C=C3)c3ccc(N(CC)CC)cc3)cc2)cc1. The van der Waals surface area contributed by atoms with Crippen LogP contribution in [0.1, 0.15) is 209 Å². The lowest BCUT2D eigenvalue weighted by molar-refractivity contribution is -0.527. The molecular weight excluding hydrogens is 925 g/mol. The summed E-state index contributed by atoms with van der Waals surface area (Å²) in [7, 11) is 0. The first kappa shape index (κ1) is 61.7. The molecular formula is C70H108N6+2. The molecule has 0 heterocycles. The van der Waals surface area contributed by atoms with Crippen molar-refractivity contribution in [1.82, 2.24) is 4.58 Å². The average Bonchev–Trinajstić information content (AvgIpc) is 3.46. The summed E-state index contributed by atoms with van der Waals surface area (Å²) in [5.74, 6) is 0. The third-order valence-corrected chi connectivity index (χ3v) is 15.9. The van der Waals surface area contributed by atoms with E-state index in [1.54, 1.807) is 0 Å². The minimum atomic E-state index is 0.991. The highest BCUT2D eigenvalue weighted by Crippen LogP contribution is 2.38. The zero-order valence-corrected chi connectivity index (χ0v) is 49.9. The quantitative estimate of drug-likeness (QED) is 0.0251. The molecule has 0 spiro atoms. The highest BCUT2D eigenvalue weighted by molar-refractivity contribution is 6.18. The number of allylic oxidation sites excluding steroid dienone is 4. The molecule has 76 heavy (non-hydrogen) atoms. The standard InChI is InChI=1S/C70H108N6/c1-9-17-21-25-29-33-57-73(58-34-30-26-22-18-10-2)63-41-49-67(50-42-63)75(65-45-37-61(38-46-65)71(13-5)14-6)69-53-55-70(56-54-69)76(66-47-39-62(40-48-66)72(15-7)16-8)68-51-43-64(44-52-68)74(59-35-31-27-23-19-11-3)60-36-32-28-24-20-12-4/h37-56H,9-36,57-60H2,1-8H3/q+2. The van der Waals surface area contributed by atoms with Crippen molar-refractivity contribution >= 4 is 56.9 Å². The van der Waals surface area contributed by atoms with Crippen LogP contribution in [0, 0.1) is 0 Å². The molecule has 0 saturated carbocycles. The molecule has 6 nitrogen and oxygen atoms in total. The molecule has 1 aliphatic carbocycles. The van der Waals surface area contributed by atoms with Gasteiger partial charge < -0.3 is 19.6 Å². The molecule has 416 valence electrons. The number of unbranched alkanes of at least 4 members (excludes halogenated alkanes) is 20. The van der Waals surface area contributed by atoms with E-state index in [-0.39, 0.29) is 0 Å². The van der Waals surface area contributed by atoms with E-state index >= 15 is 0 Å². The van der Waals surface area contributed by atoms with Crippen LogP contribution in [0.25, 0.3) is 0 Å². The molecule has 0 radical (unpaired) electrons. The summed E-state index contributed by atoms with van der Waals surface area (Å²) in [6.45, 7) is 26.7. The Morgan fingerprint density at radius 1 is 0.276 bits per heavy atom. The summed E-state index contributed by atoms with van der Waals surface area (Å²) in [5, 5.41) is 0. The van der Waals surface area contributed by atoms with Crippen LogP contribution in [0.4, 0.5) is 45.5 Å². The molecule has 0 amide bonds. The lowest BCUT2D eigenvalue weighted by atomic mass is 10.1. The van der Waals surface area contributed by atoms with Crippen molar-refractivity contribution in [2.45, 2.75) is 209 Å². The van der Waals surface area contributed by atoms with Crippen molar-refractivity contribution in [2.75, 3.05) is 72.0 Å². The van der Waals surface area contributed by atoms with Crippen LogP contribution in [-0.4, -0.2) is 68.4 Å². The van der Waals surface area contributed by atoms with E-state index in [0.29, 0.717) is 0 Å². The van der Waals surface area contributed by atoms with Gasteiger partial charge in [-0.2, -0.15) is 4.58 Å². The van der Waals surface area contributed by atoms with Crippen LogP contribution in [0.2, 0.25) is 0 Å². The fraction of sp³-hybridized carbons (Fsp3) is 0.571. The van der Waals surface area contributed by atoms with Crippen LogP contribution in [0.15, 0.2) is 121 Å². The summed E-state index contributed by atoms with van der Waals surface area (Å²) < 4.78 is 5.13. The van der Waals surface area contributed by atoms with Gasteiger partial charge in [0.2, 0.25) is 17.1 Å². The van der Waals surface area contributed by atoms with Crippen molar-refractivity contribution in [3.8, 4) is 0 Å². The Balaban J connectivity index is 1.52. The number of hydrogen-bond donors (Lipinski definition) is 0. The number of nitrogens with zero attached hydrogens (tertiary/aromatic N) is 6. The van der Waals surface area contributed by atoms with E-state index in [1.807, 2.05) is 0 Å². The van der Waals surface area contributed by atoms with Crippen LogP contribution in [0.3, 0.4) is 0 Å². The fourth-order valence-electron chi connectivity index (χ4n) is 11.1. The first-order valence-electron chi connectivity index (χ1n) is 31.5. The number of rotatable bonds is 40. The summed E-state index contributed by atoms with van der Waals surface area (Å²) in [6, 6.07) is 37.3. The van der Waals surface area contributed by atoms with Crippen LogP contribution >= 0.6 is 0 Å². The fourth-order valence-corrected chi connectivity index (χ4v) is 11.1. The smallest absolute Gasteiger partial charge is 0.212 e. The largest absolute Gasteiger partial charge is 0.372 e. The van der Waals surface area contributed by atoms with E-state index in [1.165, 1.54) is 200 Å². The average molecular weight is 1030 g/mol. The Bertz CT molecular complexity index is 2210. The molecule has 6 heteroatoms. The number of hydrogen-bond acceptors (Lipinski definition) is 4. The molecule has 0 unspecified atom stereocenters. The highest BCUT2D eigenvalue weighted by atomic mass is 15.2. The van der Waals surface area contributed by atoms with E-state index < -0.39 is 0 Å². The topological polar surface area (TPSA) is 19.0 Å². The van der Waals surface area contributed by atoms with Crippen molar-refractivity contribution < 1.29 is 4.58 Å². The first-order valence-corrected chi connectivity index (χ1v) is 31.5. The van der Waals surface area contributed by atoms with Gasteiger partial charge in [0.1, 0.15) is 13.1 Å². The minimum Gasteiger partial charge on any atom is -0.372 e. The minimum absolute atomic E-state index is 0.991. The maximum Gasteiger partial charge on any atom is 0.212 e. The molecule has 0 N–H and O–H groups in total. The van der Waals surface area contributed by atoms with Crippen LogP contribution < -0.4 is 24.2 Å². The van der Waals surface area contributed by atoms with Gasteiger partial charge in [0.25, 0.3) is 0 Å². The second-order valence-electron chi connectivity index (χ2n) is 21.6. The molecule has 0 aliphatic heterocycles. The Hall–Kier alpha value is -5.10. The summed E-state index contributed by atoms with van der Waals surface area (Å²) in [6.07, 6.45) is 41.3. The second-order valence-corrected chi connectivity index (χ2v) is 21.6. The van der Waals surface area contributed by atoms with Gasteiger partial charge in [-0.1, -0.05) is 143 Å². The molecule has 1 aliphatic rings. The molecule has 0 bridgehead atoms. The van der Waals surface area contributed by atoms with Crippen LogP contribution in [0.5, 0.6) is 0 Å². The first-order chi connectivity index (χ1) is 37.4. The predicted octanol–water partition coefficient (Wildman–Crippen LogP) is 20.0. The van der Waals surface area contributed by atoms with Crippen LogP contribution in [-0.2, 0) is 0 Å². The van der Waals surface area contributed by atoms with E-state index in [0.717, 1.165) is 63.7 Å². The lowest BCUT2D eigenvalue weighted by Gasteiger charge is -2.29. The van der Waals surface area contributed by atoms with Gasteiger partial charge in [-0.15, -0.1) is 0 Å². The van der Waals surface area contributed by atoms with E-state index in [2.05, 4.69) is 206 Å². The number of anilines is 6. The predicted molar refractivity (Wildman–Crippen MR) is 340 cm³/mol. The monoisotopic (exact) mass is 1030 g/mol. The number of benzene rings is 4. The normalized spacial score (nSPS) is 12.2. The van der Waals surface area contributed by atoms with Gasteiger partial charge in [0.15, 0.2) is 5.71 Å². The molecule has 0 saturated heterocycles. The molecule has 4 aromatic rings. The third-order valence-electron chi connectivity index (χ3n) is 15.9. The van der Waals surface area contributed by atoms with Crippen molar-refractivity contribution in [1.29, 1.82) is 0 Å². The van der Waals surface area contributed by atoms with E-state index in [4.69, 9.17) is 0 Å². The van der Waals surface area contributed by atoms with E-state index in [9.17, 15) is 0 Å². The van der Waals surface area contributed by atoms with Gasteiger partial charge in [-0.3, -0.25) is 0 Å². The van der Waals surface area contributed by atoms with Gasteiger partial charge in [-0.05, 0) is 126 Å². The molecule has 0 fully saturated rings. The third kappa shape index (κ3) is 20.4. The van der Waals surface area contributed by atoms with Crippen molar-refractivity contribution in [3.63, 3.8) is 0 Å². The lowest BCUT2D eigenvalue weighted by Crippen LogP contribution is -2.25. The summed E-state index contributed by atoms with van der Waals surface area (Å²) in [4.78, 5) is 9.99. The Kier molecular flexibility index (Phi) is 29.9. The zero-order chi connectivity index (χ0) is 54.0. The Morgan fingerprint density at radius 2 is 0.553 bits per heavy atom. The second kappa shape index (κ2) is 36.8. The maximum absolute atomic E-state index is 2.68. The summed E-state index contributed by atoms with van der Waals surface area (Å²) in [5.41, 5.74) is 12.2. The molecule has 0 atom stereocenters. The van der Waals surface area contributed by atoms with Crippen molar-refractivity contribution in [3.05, 3.63) is 121 Å². The summed E-state index contributed by atoms with van der Waals surface area (Å²) >= 11 is 0. The highest BCUT2D eigenvalue weighted by Gasteiger charge is 2.24. The van der Waals surface area contributed by atoms with Crippen molar-refractivity contribution in [2.24, 2.45) is 0 Å². The maximum atomic E-state index is 2.68. The van der Waals surface area contributed by atoms with Gasteiger partial charge >= 0.3 is 0 Å². The van der Waals surface area contributed by atoms with Gasteiger partial charge in [-0.25, -0.2) is 4.58 Å². The molecule has 5 rings (SSSR count). The van der Waals surface area contributed by atoms with Gasteiger partial charge in [0.05, 0.1) is 0 Å².